The van der Waals surface area contributed by atoms with Crippen LogP contribution in [0.25, 0.3) is 0 Å². The van der Waals surface area contributed by atoms with Gasteiger partial charge in [-0.2, -0.15) is 5.26 Å². The van der Waals surface area contributed by atoms with Gasteiger partial charge in [-0.25, -0.2) is 0 Å². The Morgan fingerprint density at radius 3 is 2.83 bits per heavy atom. The number of amides is 1. The van der Waals surface area contributed by atoms with E-state index in [1.54, 1.807) is 13.0 Å². The quantitative estimate of drug-likeness (QED) is 0.611. The fourth-order valence-corrected chi connectivity index (χ4v) is 1.35. The van der Waals surface area contributed by atoms with Crippen molar-refractivity contribution in [2.75, 3.05) is 5.32 Å². The number of carbonyl (C=O) groups is 1. The van der Waals surface area contributed by atoms with Gasteiger partial charge < -0.3 is 11.1 Å². The zero-order valence-electron chi connectivity index (χ0n) is 9.71. The van der Waals surface area contributed by atoms with Crippen LogP contribution in [0, 0.1) is 21.4 Å². The molecular weight excluding hydrogens is 236 g/mol. The monoisotopic (exact) mass is 248 g/mol. The zero-order chi connectivity index (χ0) is 13.7. The SMILES string of the molecule is CC(N)CC(=O)Nc1ccc(C#N)cc1[N+](=O)[O-]. The predicted molar refractivity (Wildman–Crippen MR) is 64.7 cm³/mol. The molecular formula is C11H12N4O3. The molecule has 0 saturated carbocycles. The molecule has 3 N–H and O–H groups in total. The number of rotatable bonds is 4. The van der Waals surface area contributed by atoms with Crippen LogP contribution in [0.5, 0.6) is 0 Å². The average Bonchev–Trinajstić information content (AvgIpc) is 2.28. The van der Waals surface area contributed by atoms with Gasteiger partial charge in [-0.1, -0.05) is 0 Å². The molecule has 1 unspecified atom stereocenters. The van der Waals surface area contributed by atoms with Gasteiger partial charge in [0.05, 0.1) is 16.6 Å². The minimum absolute atomic E-state index is 0.0599. The molecule has 94 valence electrons. The minimum Gasteiger partial charge on any atom is -0.327 e. The van der Waals surface area contributed by atoms with E-state index in [1.807, 2.05) is 0 Å². The van der Waals surface area contributed by atoms with E-state index < -0.39 is 10.8 Å². The Kier molecular flexibility index (Phi) is 4.34. The maximum absolute atomic E-state index is 11.5. The third-order valence-electron chi connectivity index (χ3n) is 2.10. The third kappa shape index (κ3) is 3.54. The third-order valence-corrected chi connectivity index (χ3v) is 2.10. The second-order valence-electron chi connectivity index (χ2n) is 3.83. The van der Waals surface area contributed by atoms with Crippen LogP contribution in [0.3, 0.4) is 0 Å². The Labute approximate surface area is 103 Å². The van der Waals surface area contributed by atoms with Crippen molar-refractivity contribution in [3.63, 3.8) is 0 Å². The highest BCUT2D eigenvalue weighted by Gasteiger charge is 2.17. The van der Waals surface area contributed by atoms with Crippen LogP contribution in [-0.2, 0) is 4.79 Å². The van der Waals surface area contributed by atoms with E-state index >= 15 is 0 Å². The fourth-order valence-electron chi connectivity index (χ4n) is 1.35. The Hall–Kier alpha value is -2.46. The van der Waals surface area contributed by atoms with Crippen LogP contribution in [0.1, 0.15) is 18.9 Å². The molecule has 0 radical (unpaired) electrons. The van der Waals surface area contributed by atoms with Gasteiger partial charge in [-0.15, -0.1) is 0 Å². The number of hydrogen-bond donors (Lipinski definition) is 2. The molecule has 0 spiro atoms. The first kappa shape index (κ1) is 13.6. The van der Waals surface area contributed by atoms with E-state index in [4.69, 9.17) is 11.0 Å². The first-order chi connectivity index (χ1) is 8.43. The number of nitro groups is 1. The molecule has 0 aliphatic carbocycles. The lowest BCUT2D eigenvalue weighted by Gasteiger charge is -2.07. The number of carbonyl (C=O) groups excluding carboxylic acids is 1. The van der Waals surface area contributed by atoms with E-state index in [0.717, 1.165) is 6.07 Å². The summed E-state index contributed by atoms with van der Waals surface area (Å²) < 4.78 is 0. The number of hydrogen-bond acceptors (Lipinski definition) is 5. The summed E-state index contributed by atoms with van der Waals surface area (Å²) in [5.41, 5.74) is 5.36. The molecule has 1 atom stereocenters. The van der Waals surface area contributed by atoms with Gasteiger partial charge in [0.2, 0.25) is 5.91 Å². The van der Waals surface area contributed by atoms with Crippen LogP contribution < -0.4 is 11.1 Å². The van der Waals surface area contributed by atoms with Crippen molar-refractivity contribution in [3.05, 3.63) is 33.9 Å². The van der Waals surface area contributed by atoms with Crippen molar-refractivity contribution < 1.29 is 9.72 Å². The number of nitro benzene ring substituents is 1. The Morgan fingerprint density at radius 1 is 1.67 bits per heavy atom. The summed E-state index contributed by atoms with van der Waals surface area (Å²) in [6.07, 6.45) is 0.0666. The molecule has 7 nitrogen and oxygen atoms in total. The number of nitrogens with two attached hydrogens (primary N) is 1. The van der Waals surface area contributed by atoms with Gasteiger partial charge >= 0.3 is 0 Å². The second-order valence-corrected chi connectivity index (χ2v) is 3.83. The van der Waals surface area contributed by atoms with Crippen molar-refractivity contribution in [2.45, 2.75) is 19.4 Å². The Morgan fingerprint density at radius 2 is 2.33 bits per heavy atom. The standard InChI is InChI=1S/C11H12N4O3/c1-7(13)4-11(16)14-9-3-2-8(6-12)5-10(9)15(17)18/h2-3,5,7H,4,13H2,1H3,(H,14,16). The first-order valence-electron chi connectivity index (χ1n) is 5.18. The topological polar surface area (TPSA) is 122 Å². The van der Waals surface area contributed by atoms with Gasteiger partial charge in [-0.05, 0) is 19.1 Å². The lowest BCUT2D eigenvalue weighted by atomic mass is 10.1. The minimum atomic E-state index is -0.650. The van der Waals surface area contributed by atoms with E-state index in [9.17, 15) is 14.9 Å². The molecule has 18 heavy (non-hydrogen) atoms. The van der Waals surface area contributed by atoms with E-state index in [1.165, 1.54) is 12.1 Å². The fraction of sp³-hybridized carbons (Fsp3) is 0.273. The predicted octanol–water partition coefficient (Wildman–Crippen LogP) is 1.14. The number of anilines is 1. The van der Waals surface area contributed by atoms with Gasteiger partial charge in [0, 0.05) is 18.5 Å². The molecule has 1 aromatic carbocycles. The second kappa shape index (κ2) is 5.75. The first-order valence-corrected chi connectivity index (χ1v) is 5.18. The maximum atomic E-state index is 11.5. The van der Waals surface area contributed by atoms with Gasteiger partial charge in [0.15, 0.2) is 0 Å². The molecule has 0 aromatic heterocycles. The van der Waals surface area contributed by atoms with Crippen LogP contribution in [0.4, 0.5) is 11.4 Å². The smallest absolute Gasteiger partial charge is 0.294 e. The zero-order valence-corrected chi connectivity index (χ0v) is 9.71. The molecule has 1 rings (SSSR count). The highest BCUT2D eigenvalue weighted by molar-refractivity contribution is 5.93. The van der Waals surface area contributed by atoms with Crippen molar-refractivity contribution in [1.29, 1.82) is 5.26 Å². The summed E-state index contributed by atoms with van der Waals surface area (Å²) in [4.78, 5) is 21.6. The number of nitrogens with one attached hydrogen (secondary N) is 1. The molecule has 0 bridgehead atoms. The van der Waals surface area contributed by atoms with E-state index in [0.29, 0.717) is 0 Å². The molecule has 0 fully saturated rings. The summed E-state index contributed by atoms with van der Waals surface area (Å²) in [7, 11) is 0. The van der Waals surface area contributed by atoms with Crippen LogP contribution in [0.15, 0.2) is 18.2 Å². The molecule has 0 aliphatic rings. The van der Waals surface area contributed by atoms with Crippen LogP contribution in [0.2, 0.25) is 0 Å². The highest BCUT2D eigenvalue weighted by atomic mass is 16.6. The van der Waals surface area contributed by atoms with Crippen molar-refractivity contribution in [1.82, 2.24) is 0 Å². The Balaban J connectivity index is 2.99. The number of nitrogens with zero attached hydrogens (tertiary/aromatic N) is 2. The molecule has 0 saturated heterocycles. The summed E-state index contributed by atoms with van der Waals surface area (Å²) in [5.74, 6) is -0.405. The van der Waals surface area contributed by atoms with Gasteiger partial charge in [-0.3, -0.25) is 14.9 Å². The lowest BCUT2D eigenvalue weighted by molar-refractivity contribution is -0.383. The largest absolute Gasteiger partial charge is 0.327 e. The highest BCUT2D eigenvalue weighted by Crippen LogP contribution is 2.25. The molecule has 1 aromatic rings. The summed E-state index contributed by atoms with van der Waals surface area (Å²) in [6, 6.07) is 5.31. The lowest BCUT2D eigenvalue weighted by Crippen LogP contribution is -2.24. The van der Waals surface area contributed by atoms with Gasteiger partial charge in [0.1, 0.15) is 5.69 Å². The Bertz CT molecular complexity index is 520. The van der Waals surface area contributed by atoms with Crippen LogP contribution in [-0.4, -0.2) is 16.9 Å². The van der Waals surface area contributed by atoms with Gasteiger partial charge in [0.25, 0.3) is 5.69 Å². The summed E-state index contributed by atoms with van der Waals surface area (Å²) >= 11 is 0. The van der Waals surface area contributed by atoms with E-state index in [-0.39, 0.29) is 29.4 Å². The van der Waals surface area contributed by atoms with Crippen molar-refractivity contribution in [3.8, 4) is 6.07 Å². The maximum Gasteiger partial charge on any atom is 0.294 e. The summed E-state index contributed by atoms with van der Waals surface area (Å²) in [5, 5.41) is 21.9. The van der Waals surface area contributed by atoms with Crippen LogP contribution >= 0.6 is 0 Å². The normalized spacial score (nSPS) is 11.4. The average molecular weight is 248 g/mol. The van der Waals surface area contributed by atoms with E-state index in [2.05, 4.69) is 5.32 Å². The summed E-state index contributed by atoms with van der Waals surface area (Å²) in [6.45, 7) is 1.66. The molecule has 7 heteroatoms. The number of benzene rings is 1. The molecule has 0 aliphatic heterocycles. The van der Waals surface area contributed by atoms with Crippen molar-refractivity contribution in [2.24, 2.45) is 5.73 Å². The molecule has 1 amide bonds. The molecule has 0 heterocycles. The number of nitriles is 1. The van der Waals surface area contributed by atoms with Crippen molar-refractivity contribution >= 4 is 17.3 Å².